The van der Waals surface area contributed by atoms with Gasteiger partial charge in [-0.1, -0.05) is 25.1 Å². The Morgan fingerprint density at radius 3 is 2.77 bits per heavy atom. The summed E-state index contributed by atoms with van der Waals surface area (Å²) in [6, 6.07) is 8.35. The molecule has 1 amide bonds. The Morgan fingerprint density at radius 2 is 2.05 bits per heavy atom. The van der Waals surface area contributed by atoms with Crippen LogP contribution in [0.3, 0.4) is 0 Å². The minimum absolute atomic E-state index is 0.177. The van der Waals surface area contributed by atoms with Crippen molar-refractivity contribution in [3.63, 3.8) is 0 Å². The summed E-state index contributed by atoms with van der Waals surface area (Å²) < 4.78 is 5.42. The molecular weight excluding hydrogens is 276 g/mol. The third-order valence-corrected chi connectivity index (χ3v) is 4.75. The van der Waals surface area contributed by atoms with E-state index in [4.69, 9.17) is 4.74 Å². The van der Waals surface area contributed by atoms with Gasteiger partial charge >= 0.3 is 0 Å². The van der Waals surface area contributed by atoms with E-state index in [0.29, 0.717) is 18.9 Å². The lowest BCUT2D eigenvalue weighted by atomic mass is 10.0. The number of carbonyl (C=O) groups is 1. The maximum atomic E-state index is 12.1. The number of hydrogen-bond acceptors (Lipinski definition) is 3. The van der Waals surface area contributed by atoms with Gasteiger partial charge < -0.3 is 15.0 Å². The van der Waals surface area contributed by atoms with Crippen molar-refractivity contribution in [3.05, 3.63) is 29.8 Å². The molecule has 22 heavy (non-hydrogen) atoms. The first kappa shape index (κ1) is 15.3. The second kappa shape index (κ2) is 7.14. The van der Waals surface area contributed by atoms with E-state index in [1.54, 1.807) is 0 Å². The van der Waals surface area contributed by atoms with Gasteiger partial charge in [-0.15, -0.1) is 0 Å². The highest BCUT2D eigenvalue weighted by Gasteiger charge is 2.29. The Morgan fingerprint density at radius 1 is 1.32 bits per heavy atom. The molecule has 3 rings (SSSR count). The van der Waals surface area contributed by atoms with E-state index >= 15 is 0 Å². The van der Waals surface area contributed by atoms with Gasteiger partial charge in [-0.25, -0.2) is 0 Å². The molecule has 4 nitrogen and oxygen atoms in total. The standard InChI is InChI=1S/C18H26N2O2/c1-14(15-6-7-15)12-18(21)19-13-16-4-2-3-5-17(16)20-8-10-22-11-9-20/h2-5,14-15H,6-13H2,1H3,(H,19,21)/t14-/m0/s1. The molecule has 120 valence electrons. The highest BCUT2D eigenvalue weighted by Crippen LogP contribution is 2.38. The predicted molar refractivity (Wildman–Crippen MR) is 87.8 cm³/mol. The van der Waals surface area contributed by atoms with Crippen molar-refractivity contribution >= 4 is 11.6 Å². The van der Waals surface area contributed by atoms with Crippen molar-refractivity contribution in [1.29, 1.82) is 0 Å². The molecule has 1 saturated carbocycles. The van der Waals surface area contributed by atoms with Crippen LogP contribution < -0.4 is 10.2 Å². The fourth-order valence-corrected chi connectivity index (χ4v) is 3.16. The van der Waals surface area contributed by atoms with Gasteiger partial charge in [0.1, 0.15) is 0 Å². The third kappa shape index (κ3) is 4.01. The molecule has 0 aromatic heterocycles. The molecule has 1 aromatic carbocycles. The molecule has 1 saturated heterocycles. The number of nitrogens with zero attached hydrogens (tertiary/aromatic N) is 1. The van der Waals surface area contributed by atoms with Crippen molar-refractivity contribution in [2.45, 2.75) is 32.7 Å². The van der Waals surface area contributed by atoms with E-state index in [2.05, 4.69) is 35.3 Å². The lowest BCUT2D eigenvalue weighted by Crippen LogP contribution is -2.37. The Labute approximate surface area is 132 Å². The van der Waals surface area contributed by atoms with Gasteiger partial charge in [-0.05, 0) is 36.3 Å². The van der Waals surface area contributed by atoms with Gasteiger partial charge in [-0.2, -0.15) is 0 Å². The van der Waals surface area contributed by atoms with Crippen LogP contribution in [0.4, 0.5) is 5.69 Å². The zero-order valence-electron chi connectivity index (χ0n) is 13.4. The lowest BCUT2D eigenvalue weighted by molar-refractivity contribution is -0.122. The normalized spacial score (nSPS) is 19.8. The molecule has 2 fully saturated rings. The van der Waals surface area contributed by atoms with E-state index in [0.717, 1.165) is 32.2 Å². The zero-order chi connectivity index (χ0) is 15.4. The molecule has 1 N–H and O–H groups in total. The summed E-state index contributed by atoms with van der Waals surface area (Å²) in [5.74, 6) is 1.48. The van der Waals surface area contributed by atoms with Crippen molar-refractivity contribution in [1.82, 2.24) is 5.32 Å². The lowest BCUT2D eigenvalue weighted by Gasteiger charge is -2.30. The Balaban J connectivity index is 1.56. The van der Waals surface area contributed by atoms with Crippen LogP contribution in [0.2, 0.25) is 0 Å². The minimum Gasteiger partial charge on any atom is -0.378 e. The average Bonchev–Trinajstić information content (AvgIpc) is 3.39. The summed E-state index contributed by atoms with van der Waals surface area (Å²) in [6.45, 7) is 6.20. The number of carbonyl (C=O) groups excluding carboxylic acids is 1. The summed E-state index contributed by atoms with van der Waals surface area (Å²) in [4.78, 5) is 14.4. The fraction of sp³-hybridized carbons (Fsp3) is 0.611. The highest BCUT2D eigenvalue weighted by atomic mass is 16.5. The summed E-state index contributed by atoms with van der Waals surface area (Å²) in [6.07, 6.45) is 3.26. The van der Waals surface area contributed by atoms with Gasteiger partial charge in [0.05, 0.1) is 13.2 Å². The smallest absolute Gasteiger partial charge is 0.220 e. The largest absolute Gasteiger partial charge is 0.378 e. The molecule has 2 aliphatic rings. The number of ether oxygens (including phenoxy) is 1. The van der Waals surface area contributed by atoms with E-state index in [1.165, 1.54) is 24.1 Å². The molecule has 1 atom stereocenters. The molecule has 0 spiro atoms. The van der Waals surface area contributed by atoms with Crippen LogP contribution in [-0.4, -0.2) is 32.2 Å². The SMILES string of the molecule is C[C@@H](CC(=O)NCc1ccccc1N1CCOCC1)C1CC1. The average molecular weight is 302 g/mol. The zero-order valence-corrected chi connectivity index (χ0v) is 13.4. The maximum absolute atomic E-state index is 12.1. The summed E-state index contributed by atoms with van der Waals surface area (Å²) >= 11 is 0. The fourth-order valence-electron chi connectivity index (χ4n) is 3.16. The molecular formula is C18H26N2O2. The van der Waals surface area contributed by atoms with Gasteiger partial charge in [0.15, 0.2) is 0 Å². The Bertz CT molecular complexity index is 508. The van der Waals surface area contributed by atoms with Crippen LogP contribution in [0.1, 0.15) is 31.7 Å². The topological polar surface area (TPSA) is 41.6 Å². The first-order valence-corrected chi connectivity index (χ1v) is 8.41. The van der Waals surface area contributed by atoms with Crippen LogP contribution >= 0.6 is 0 Å². The second-order valence-electron chi connectivity index (χ2n) is 6.52. The van der Waals surface area contributed by atoms with Gasteiger partial charge in [0.25, 0.3) is 0 Å². The number of para-hydroxylation sites is 1. The van der Waals surface area contributed by atoms with Crippen LogP contribution in [0.5, 0.6) is 0 Å². The number of anilines is 1. The third-order valence-electron chi connectivity index (χ3n) is 4.75. The van der Waals surface area contributed by atoms with Gasteiger partial charge in [0, 0.05) is 31.7 Å². The minimum atomic E-state index is 0.177. The quantitative estimate of drug-likeness (QED) is 0.878. The summed E-state index contributed by atoms with van der Waals surface area (Å²) in [7, 11) is 0. The van der Waals surface area contributed by atoms with Crippen molar-refractivity contribution < 1.29 is 9.53 Å². The van der Waals surface area contributed by atoms with Crippen LogP contribution in [0, 0.1) is 11.8 Å². The van der Waals surface area contributed by atoms with E-state index in [9.17, 15) is 4.79 Å². The predicted octanol–water partition coefficient (Wildman–Crippen LogP) is 2.58. The number of nitrogens with one attached hydrogen (secondary N) is 1. The van der Waals surface area contributed by atoms with Crippen LogP contribution in [0.15, 0.2) is 24.3 Å². The maximum Gasteiger partial charge on any atom is 0.220 e. The van der Waals surface area contributed by atoms with E-state index in [1.807, 2.05) is 6.07 Å². The van der Waals surface area contributed by atoms with Crippen LogP contribution in [-0.2, 0) is 16.1 Å². The number of amides is 1. The summed E-state index contributed by atoms with van der Waals surface area (Å²) in [5, 5.41) is 3.10. The van der Waals surface area contributed by atoms with E-state index < -0.39 is 0 Å². The van der Waals surface area contributed by atoms with Crippen LogP contribution in [0.25, 0.3) is 0 Å². The Hall–Kier alpha value is -1.55. The molecule has 1 aliphatic heterocycles. The first-order valence-electron chi connectivity index (χ1n) is 8.41. The second-order valence-corrected chi connectivity index (χ2v) is 6.52. The summed E-state index contributed by atoms with van der Waals surface area (Å²) in [5.41, 5.74) is 2.41. The molecule has 0 radical (unpaired) electrons. The molecule has 4 heteroatoms. The van der Waals surface area contributed by atoms with Crippen molar-refractivity contribution in [2.75, 3.05) is 31.2 Å². The number of hydrogen-bond donors (Lipinski definition) is 1. The first-order chi connectivity index (χ1) is 10.7. The monoisotopic (exact) mass is 302 g/mol. The number of morpholine rings is 1. The molecule has 1 aliphatic carbocycles. The van der Waals surface area contributed by atoms with Gasteiger partial charge in [-0.3, -0.25) is 4.79 Å². The molecule has 0 bridgehead atoms. The van der Waals surface area contributed by atoms with E-state index in [-0.39, 0.29) is 5.91 Å². The number of rotatable bonds is 6. The van der Waals surface area contributed by atoms with Gasteiger partial charge in [0.2, 0.25) is 5.91 Å². The molecule has 1 aromatic rings. The van der Waals surface area contributed by atoms with Crippen molar-refractivity contribution in [3.8, 4) is 0 Å². The number of benzene rings is 1. The molecule has 0 unspecified atom stereocenters. The highest BCUT2D eigenvalue weighted by molar-refractivity contribution is 5.76. The van der Waals surface area contributed by atoms with Crippen molar-refractivity contribution in [2.24, 2.45) is 11.8 Å². The molecule has 1 heterocycles. The Kier molecular flexibility index (Phi) is 4.98.